The van der Waals surface area contributed by atoms with Crippen LogP contribution in [0, 0.1) is 0 Å². The van der Waals surface area contributed by atoms with Crippen LogP contribution in [0.2, 0.25) is 10.0 Å². The Labute approximate surface area is 170 Å². The first kappa shape index (κ1) is 18.5. The van der Waals surface area contributed by atoms with Crippen LogP contribution < -0.4 is 5.32 Å². The van der Waals surface area contributed by atoms with E-state index in [9.17, 15) is 9.59 Å². The Bertz CT molecular complexity index is 1050. The van der Waals surface area contributed by atoms with Gasteiger partial charge in [0.25, 0.3) is 5.91 Å². The minimum atomic E-state index is -1.19. The van der Waals surface area contributed by atoms with Crippen LogP contribution in [0.1, 0.15) is 18.4 Å². The Hall–Kier alpha value is -2.90. The van der Waals surface area contributed by atoms with Gasteiger partial charge in [0.1, 0.15) is 12.1 Å². The third-order valence-electron chi connectivity index (χ3n) is 4.55. The van der Waals surface area contributed by atoms with Gasteiger partial charge in [-0.3, -0.25) is 9.69 Å². The lowest BCUT2D eigenvalue weighted by molar-refractivity contribution is -0.131. The van der Waals surface area contributed by atoms with Gasteiger partial charge in [0.2, 0.25) is 11.8 Å². The van der Waals surface area contributed by atoms with Gasteiger partial charge in [-0.2, -0.15) is 0 Å². The van der Waals surface area contributed by atoms with E-state index in [0.29, 0.717) is 21.2 Å². The van der Waals surface area contributed by atoms with Crippen LogP contribution in [-0.4, -0.2) is 27.0 Å². The number of carbonyl (C=O) groups excluding carboxylic acids is 2. The molecule has 1 atom stereocenters. The normalized spacial score (nSPS) is 19.2. The number of amides is 3. The molecule has 3 amide bonds. The number of urea groups is 1. The SMILES string of the molecule is CC1(c2ccc(Cl)cc2)NC(=O)N(Cc2nnc(-c3ccc(Cl)cc3)o2)C1=O. The fourth-order valence-corrected chi connectivity index (χ4v) is 3.23. The van der Waals surface area contributed by atoms with Crippen molar-refractivity contribution < 1.29 is 14.0 Å². The molecule has 1 unspecified atom stereocenters. The highest BCUT2D eigenvalue weighted by molar-refractivity contribution is 6.30. The van der Waals surface area contributed by atoms with E-state index in [2.05, 4.69) is 15.5 Å². The molecule has 3 aromatic rings. The van der Waals surface area contributed by atoms with Gasteiger partial charge in [0, 0.05) is 15.6 Å². The van der Waals surface area contributed by atoms with Crippen molar-refractivity contribution in [3.63, 3.8) is 0 Å². The van der Waals surface area contributed by atoms with Gasteiger partial charge in [-0.1, -0.05) is 35.3 Å². The van der Waals surface area contributed by atoms with Crippen molar-refractivity contribution in [2.75, 3.05) is 0 Å². The third kappa shape index (κ3) is 3.23. The van der Waals surface area contributed by atoms with E-state index in [1.54, 1.807) is 55.5 Å². The highest BCUT2D eigenvalue weighted by atomic mass is 35.5. The fraction of sp³-hybridized carbons (Fsp3) is 0.158. The number of hydrogen-bond donors (Lipinski definition) is 1. The van der Waals surface area contributed by atoms with Gasteiger partial charge in [0.05, 0.1) is 0 Å². The topological polar surface area (TPSA) is 88.3 Å². The summed E-state index contributed by atoms with van der Waals surface area (Å²) in [6.45, 7) is 1.51. The number of benzene rings is 2. The zero-order chi connectivity index (χ0) is 19.9. The van der Waals surface area contributed by atoms with Crippen molar-refractivity contribution in [3.8, 4) is 11.5 Å². The largest absolute Gasteiger partial charge is 0.419 e. The number of halogens is 2. The lowest BCUT2D eigenvalue weighted by Crippen LogP contribution is -2.40. The smallest absolute Gasteiger partial charge is 0.325 e. The molecule has 2 aromatic carbocycles. The van der Waals surface area contributed by atoms with E-state index >= 15 is 0 Å². The number of imide groups is 1. The maximum absolute atomic E-state index is 12.9. The highest BCUT2D eigenvalue weighted by Crippen LogP contribution is 2.30. The van der Waals surface area contributed by atoms with E-state index in [-0.39, 0.29) is 18.3 Å². The first-order valence-electron chi connectivity index (χ1n) is 8.35. The summed E-state index contributed by atoms with van der Waals surface area (Å²) in [5.41, 5.74) is 0.122. The number of rotatable bonds is 4. The summed E-state index contributed by atoms with van der Waals surface area (Å²) in [6, 6.07) is 13.1. The molecular weight excluding hydrogens is 403 g/mol. The molecule has 1 saturated heterocycles. The van der Waals surface area contributed by atoms with Crippen LogP contribution in [0.4, 0.5) is 4.79 Å². The number of aromatic nitrogens is 2. The predicted molar refractivity (Wildman–Crippen MR) is 103 cm³/mol. The highest BCUT2D eigenvalue weighted by Gasteiger charge is 2.49. The van der Waals surface area contributed by atoms with E-state index < -0.39 is 17.5 Å². The molecular formula is C19H14Cl2N4O3. The quantitative estimate of drug-likeness (QED) is 0.648. The Balaban J connectivity index is 1.55. The van der Waals surface area contributed by atoms with Crippen molar-refractivity contribution >= 4 is 35.1 Å². The van der Waals surface area contributed by atoms with Crippen molar-refractivity contribution in [1.82, 2.24) is 20.4 Å². The standard InChI is InChI=1S/C19H14Cl2N4O3/c1-19(12-4-8-14(21)9-5-12)17(26)25(18(27)22-19)10-15-23-24-16(28-15)11-2-6-13(20)7-3-11/h2-9H,10H2,1H3,(H,22,27). The van der Waals surface area contributed by atoms with Crippen LogP contribution in [0.3, 0.4) is 0 Å². The Morgan fingerprint density at radius 3 is 2.25 bits per heavy atom. The summed E-state index contributed by atoms with van der Waals surface area (Å²) in [4.78, 5) is 26.4. The second kappa shape index (κ2) is 6.92. The van der Waals surface area contributed by atoms with E-state index in [4.69, 9.17) is 27.6 Å². The minimum absolute atomic E-state index is 0.131. The molecule has 28 heavy (non-hydrogen) atoms. The minimum Gasteiger partial charge on any atom is -0.419 e. The van der Waals surface area contributed by atoms with Gasteiger partial charge in [0.15, 0.2) is 0 Å². The van der Waals surface area contributed by atoms with Gasteiger partial charge < -0.3 is 9.73 Å². The Kier molecular flexibility index (Phi) is 4.56. The van der Waals surface area contributed by atoms with Crippen LogP contribution in [0.15, 0.2) is 52.9 Å². The average Bonchev–Trinajstić information content (AvgIpc) is 3.22. The van der Waals surface area contributed by atoms with Crippen LogP contribution in [0.25, 0.3) is 11.5 Å². The molecule has 1 aliphatic rings. The fourth-order valence-electron chi connectivity index (χ4n) is 2.98. The average molecular weight is 417 g/mol. The number of hydrogen-bond acceptors (Lipinski definition) is 5. The zero-order valence-electron chi connectivity index (χ0n) is 14.6. The van der Waals surface area contributed by atoms with E-state index in [0.717, 1.165) is 4.90 Å². The van der Waals surface area contributed by atoms with Gasteiger partial charge in [-0.15, -0.1) is 10.2 Å². The van der Waals surface area contributed by atoms with Crippen LogP contribution >= 0.6 is 23.2 Å². The van der Waals surface area contributed by atoms with Gasteiger partial charge >= 0.3 is 6.03 Å². The summed E-state index contributed by atoms with van der Waals surface area (Å²) in [5, 5.41) is 11.8. The summed E-state index contributed by atoms with van der Waals surface area (Å²) in [6.07, 6.45) is 0. The molecule has 0 radical (unpaired) electrons. The summed E-state index contributed by atoms with van der Waals surface area (Å²) in [7, 11) is 0. The Morgan fingerprint density at radius 1 is 1.00 bits per heavy atom. The molecule has 0 spiro atoms. The van der Waals surface area contributed by atoms with Crippen molar-refractivity contribution in [1.29, 1.82) is 0 Å². The molecule has 0 bridgehead atoms. The summed E-state index contributed by atoms with van der Waals surface area (Å²) < 4.78 is 5.60. The van der Waals surface area contributed by atoms with Crippen molar-refractivity contribution in [2.24, 2.45) is 0 Å². The van der Waals surface area contributed by atoms with E-state index in [1.165, 1.54) is 0 Å². The molecule has 0 aliphatic carbocycles. The molecule has 1 fully saturated rings. The maximum Gasteiger partial charge on any atom is 0.325 e. The van der Waals surface area contributed by atoms with E-state index in [1.807, 2.05) is 0 Å². The second-order valence-corrected chi connectivity index (χ2v) is 7.33. The first-order chi connectivity index (χ1) is 13.4. The zero-order valence-corrected chi connectivity index (χ0v) is 16.2. The monoisotopic (exact) mass is 416 g/mol. The molecule has 7 nitrogen and oxygen atoms in total. The third-order valence-corrected chi connectivity index (χ3v) is 5.05. The molecule has 1 aromatic heterocycles. The molecule has 1 N–H and O–H groups in total. The lowest BCUT2D eigenvalue weighted by atomic mass is 9.92. The molecule has 2 heterocycles. The van der Waals surface area contributed by atoms with Crippen molar-refractivity contribution in [2.45, 2.75) is 19.0 Å². The molecule has 0 saturated carbocycles. The van der Waals surface area contributed by atoms with Gasteiger partial charge in [-0.25, -0.2) is 4.79 Å². The predicted octanol–water partition coefficient (Wildman–Crippen LogP) is 4.01. The number of nitrogens with one attached hydrogen (secondary N) is 1. The second-order valence-electron chi connectivity index (χ2n) is 6.46. The molecule has 9 heteroatoms. The molecule has 4 rings (SSSR count). The molecule has 142 valence electrons. The molecule has 1 aliphatic heterocycles. The summed E-state index contributed by atoms with van der Waals surface area (Å²) >= 11 is 11.8. The first-order valence-corrected chi connectivity index (χ1v) is 9.11. The number of carbonyl (C=O) groups is 2. The van der Waals surface area contributed by atoms with Gasteiger partial charge in [-0.05, 0) is 48.9 Å². The maximum atomic E-state index is 12.9. The lowest BCUT2D eigenvalue weighted by Gasteiger charge is -2.22. The van der Waals surface area contributed by atoms with Crippen LogP contribution in [0.5, 0.6) is 0 Å². The Morgan fingerprint density at radius 2 is 1.61 bits per heavy atom. The summed E-state index contributed by atoms with van der Waals surface area (Å²) in [5.74, 6) is 0.0130. The van der Waals surface area contributed by atoms with Crippen LogP contribution in [-0.2, 0) is 16.9 Å². The number of nitrogens with zero attached hydrogens (tertiary/aromatic N) is 3. The van der Waals surface area contributed by atoms with Crippen molar-refractivity contribution in [3.05, 3.63) is 70.0 Å².